The van der Waals surface area contributed by atoms with Crippen molar-refractivity contribution in [1.82, 2.24) is 5.32 Å². The molecule has 0 bridgehead atoms. The molecule has 0 spiro atoms. The van der Waals surface area contributed by atoms with Crippen molar-refractivity contribution in [3.63, 3.8) is 0 Å². The van der Waals surface area contributed by atoms with Gasteiger partial charge in [-0.3, -0.25) is 4.79 Å². The standard InChI is InChI=1S/C12H16N2O2.ClH/c15-11-7-2-1-5-9(11)14-12(16)10-6-3-4-8-13-10;/h1-2,5,7,10,13,15H,3-4,6,8H2,(H,14,16);1H/t10-;/m0./s1. The number of nitrogens with one attached hydrogen (secondary N) is 2. The summed E-state index contributed by atoms with van der Waals surface area (Å²) in [6.45, 7) is 0.888. The van der Waals surface area contributed by atoms with Gasteiger partial charge in [0, 0.05) is 0 Å². The topological polar surface area (TPSA) is 61.4 Å². The van der Waals surface area contributed by atoms with Crippen LogP contribution in [0.15, 0.2) is 24.3 Å². The van der Waals surface area contributed by atoms with Gasteiger partial charge in [0.05, 0.1) is 11.7 Å². The SMILES string of the molecule is Cl.O=C(Nc1ccccc1O)[C@@H]1CCCCN1. The van der Waals surface area contributed by atoms with E-state index in [9.17, 15) is 9.90 Å². The number of phenols is 1. The van der Waals surface area contributed by atoms with E-state index in [0.717, 1.165) is 25.8 Å². The summed E-state index contributed by atoms with van der Waals surface area (Å²) in [5, 5.41) is 15.4. The Hall–Kier alpha value is -1.26. The van der Waals surface area contributed by atoms with E-state index in [4.69, 9.17) is 0 Å². The monoisotopic (exact) mass is 256 g/mol. The molecule has 5 heteroatoms. The van der Waals surface area contributed by atoms with E-state index in [1.807, 2.05) is 0 Å². The first-order valence-electron chi connectivity index (χ1n) is 5.59. The molecule has 1 atom stereocenters. The van der Waals surface area contributed by atoms with Crippen LogP contribution >= 0.6 is 12.4 Å². The summed E-state index contributed by atoms with van der Waals surface area (Å²) in [6.07, 6.45) is 3.06. The van der Waals surface area contributed by atoms with Crippen LogP contribution in [0.5, 0.6) is 5.75 Å². The van der Waals surface area contributed by atoms with Crippen molar-refractivity contribution in [3.05, 3.63) is 24.3 Å². The molecule has 0 aromatic heterocycles. The number of phenolic OH excluding ortho intramolecular Hbond substituents is 1. The molecule has 17 heavy (non-hydrogen) atoms. The first-order valence-corrected chi connectivity index (χ1v) is 5.59. The van der Waals surface area contributed by atoms with Crippen molar-refractivity contribution >= 4 is 24.0 Å². The minimum Gasteiger partial charge on any atom is -0.506 e. The molecule has 0 radical (unpaired) electrons. The van der Waals surface area contributed by atoms with Gasteiger partial charge in [0.1, 0.15) is 5.75 Å². The van der Waals surface area contributed by atoms with Gasteiger partial charge in [0.25, 0.3) is 0 Å². The van der Waals surface area contributed by atoms with E-state index < -0.39 is 0 Å². The number of carbonyl (C=O) groups is 1. The van der Waals surface area contributed by atoms with Crippen molar-refractivity contribution < 1.29 is 9.90 Å². The van der Waals surface area contributed by atoms with Gasteiger partial charge >= 0.3 is 0 Å². The lowest BCUT2D eigenvalue weighted by molar-refractivity contribution is -0.118. The zero-order chi connectivity index (χ0) is 11.4. The number of hydrogen-bond donors (Lipinski definition) is 3. The molecule has 1 aromatic carbocycles. The maximum absolute atomic E-state index is 11.8. The van der Waals surface area contributed by atoms with E-state index >= 15 is 0 Å². The molecule has 3 N–H and O–H groups in total. The fourth-order valence-electron chi connectivity index (χ4n) is 1.87. The normalized spacial score (nSPS) is 19.2. The lowest BCUT2D eigenvalue weighted by atomic mass is 10.0. The van der Waals surface area contributed by atoms with Gasteiger partial charge < -0.3 is 15.7 Å². The van der Waals surface area contributed by atoms with Gasteiger partial charge in [0.15, 0.2) is 0 Å². The lowest BCUT2D eigenvalue weighted by Crippen LogP contribution is -2.43. The van der Waals surface area contributed by atoms with Crippen molar-refractivity contribution in [2.24, 2.45) is 0 Å². The highest BCUT2D eigenvalue weighted by molar-refractivity contribution is 5.96. The summed E-state index contributed by atoms with van der Waals surface area (Å²) in [6, 6.07) is 6.63. The van der Waals surface area contributed by atoms with Crippen LogP contribution < -0.4 is 10.6 Å². The molecule has 0 saturated carbocycles. The summed E-state index contributed by atoms with van der Waals surface area (Å²) in [5.74, 6) is 0.0351. The van der Waals surface area contributed by atoms with Gasteiger partial charge in [-0.25, -0.2) is 0 Å². The average Bonchev–Trinajstić information content (AvgIpc) is 2.33. The van der Waals surface area contributed by atoms with Crippen LogP contribution in [0.4, 0.5) is 5.69 Å². The smallest absolute Gasteiger partial charge is 0.241 e. The number of piperidine rings is 1. The number of hydrogen-bond acceptors (Lipinski definition) is 3. The van der Waals surface area contributed by atoms with Gasteiger partial charge in [0.2, 0.25) is 5.91 Å². The molecular weight excluding hydrogens is 240 g/mol. The lowest BCUT2D eigenvalue weighted by Gasteiger charge is -2.22. The second kappa shape index (κ2) is 6.47. The highest BCUT2D eigenvalue weighted by Crippen LogP contribution is 2.22. The third kappa shape index (κ3) is 3.61. The molecule has 2 rings (SSSR count). The molecule has 0 aliphatic carbocycles. The molecule has 1 heterocycles. The molecule has 1 aliphatic rings. The number of anilines is 1. The number of carbonyl (C=O) groups excluding carboxylic acids is 1. The summed E-state index contributed by atoms with van der Waals surface area (Å²) >= 11 is 0. The van der Waals surface area contributed by atoms with Crippen LogP contribution in [0, 0.1) is 0 Å². The first kappa shape index (κ1) is 13.8. The number of rotatable bonds is 2. The van der Waals surface area contributed by atoms with Crippen LogP contribution in [-0.2, 0) is 4.79 Å². The second-order valence-electron chi connectivity index (χ2n) is 4.01. The van der Waals surface area contributed by atoms with Gasteiger partial charge in [-0.1, -0.05) is 18.6 Å². The molecule has 4 nitrogen and oxygen atoms in total. The van der Waals surface area contributed by atoms with Gasteiger partial charge in [-0.15, -0.1) is 12.4 Å². The van der Waals surface area contributed by atoms with Crippen LogP contribution in [0.2, 0.25) is 0 Å². The van der Waals surface area contributed by atoms with Gasteiger partial charge in [-0.2, -0.15) is 0 Å². The van der Waals surface area contributed by atoms with Crippen LogP contribution in [0.3, 0.4) is 0 Å². The Labute approximate surface area is 107 Å². The van der Waals surface area contributed by atoms with E-state index in [1.165, 1.54) is 0 Å². The summed E-state index contributed by atoms with van der Waals surface area (Å²) in [7, 11) is 0. The molecule has 1 aliphatic heterocycles. The second-order valence-corrected chi connectivity index (χ2v) is 4.01. The van der Waals surface area contributed by atoms with Crippen LogP contribution in [0.1, 0.15) is 19.3 Å². The minimum absolute atomic E-state index is 0. The number of amides is 1. The van der Waals surface area contributed by atoms with Crippen molar-refractivity contribution in [3.8, 4) is 5.75 Å². The molecular formula is C12H17ClN2O2. The van der Waals surface area contributed by atoms with Crippen molar-refractivity contribution in [1.29, 1.82) is 0 Å². The van der Waals surface area contributed by atoms with Crippen molar-refractivity contribution in [2.45, 2.75) is 25.3 Å². The molecule has 94 valence electrons. The van der Waals surface area contributed by atoms with Crippen LogP contribution in [-0.4, -0.2) is 23.6 Å². The highest BCUT2D eigenvalue weighted by atomic mass is 35.5. The number of para-hydroxylation sites is 2. The minimum atomic E-state index is -0.131. The number of aromatic hydroxyl groups is 1. The van der Waals surface area contributed by atoms with E-state index in [-0.39, 0.29) is 30.1 Å². The fourth-order valence-corrected chi connectivity index (χ4v) is 1.87. The third-order valence-corrected chi connectivity index (χ3v) is 2.79. The molecule has 1 fully saturated rings. The summed E-state index contributed by atoms with van der Waals surface area (Å²) < 4.78 is 0. The van der Waals surface area contributed by atoms with Crippen molar-refractivity contribution in [2.75, 3.05) is 11.9 Å². The molecule has 0 unspecified atom stereocenters. The van der Waals surface area contributed by atoms with Gasteiger partial charge in [-0.05, 0) is 31.5 Å². The highest BCUT2D eigenvalue weighted by Gasteiger charge is 2.20. The molecule has 1 amide bonds. The third-order valence-electron chi connectivity index (χ3n) is 2.79. The molecule has 1 saturated heterocycles. The predicted octanol–water partition coefficient (Wildman–Crippen LogP) is 1.89. The quantitative estimate of drug-likeness (QED) is 0.709. The number of benzene rings is 1. The summed E-state index contributed by atoms with van der Waals surface area (Å²) in [4.78, 5) is 11.8. The largest absolute Gasteiger partial charge is 0.506 e. The Morgan fingerprint density at radius 1 is 1.35 bits per heavy atom. The maximum Gasteiger partial charge on any atom is 0.241 e. The predicted molar refractivity (Wildman–Crippen MR) is 69.6 cm³/mol. The maximum atomic E-state index is 11.8. The Bertz CT molecular complexity index is 379. The molecule has 1 aromatic rings. The first-order chi connectivity index (χ1) is 7.77. The zero-order valence-electron chi connectivity index (χ0n) is 9.48. The Balaban J connectivity index is 0.00000144. The van der Waals surface area contributed by atoms with E-state index in [2.05, 4.69) is 10.6 Å². The number of halogens is 1. The Morgan fingerprint density at radius 3 is 2.76 bits per heavy atom. The van der Waals surface area contributed by atoms with E-state index in [0.29, 0.717) is 5.69 Å². The Morgan fingerprint density at radius 2 is 2.12 bits per heavy atom. The Kier molecular flexibility index (Phi) is 5.25. The van der Waals surface area contributed by atoms with E-state index in [1.54, 1.807) is 24.3 Å². The fraction of sp³-hybridized carbons (Fsp3) is 0.417. The zero-order valence-corrected chi connectivity index (χ0v) is 10.3. The van der Waals surface area contributed by atoms with Crippen LogP contribution in [0.25, 0.3) is 0 Å². The average molecular weight is 257 g/mol. The summed E-state index contributed by atoms with van der Waals surface area (Å²) in [5.41, 5.74) is 0.472.